The second-order valence-corrected chi connectivity index (χ2v) is 8.01. The normalized spacial score (nSPS) is 15.8. The fourth-order valence-corrected chi connectivity index (χ4v) is 4.41. The summed E-state index contributed by atoms with van der Waals surface area (Å²) in [6.45, 7) is 3.04. The van der Waals surface area contributed by atoms with E-state index in [-0.39, 0.29) is 29.2 Å². The molecule has 7 nitrogen and oxygen atoms in total. The van der Waals surface area contributed by atoms with Crippen LogP contribution in [-0.4, -0.2) is 43.8 Å². The third-order valence-electron chi connectivity index (χ3n) is 4.43. The van der Waals surface area contributed by atoms with Crippen molar-refractivity contribution in [2.24, 2.45) is 0 Å². The van der Waals surface area contributed by atoms with Gasteiger partial charge < -0.3 is 4.90 Å². The number of nitro groups is 1. The largest absolute Gasteiger partial charge is 0.369 e. The molecule has 0 radical (unpaired) electrons. The van der Waals surface area contributed by atoms with Crippen molar-refractivity contribution >= 4 is 21.4 Å². The van der Waals surface area contributed by atoms with Gasteiger partial charge >= 0.3 is 0 Å². The summed E-state index contributed by atoms with van der Waals surface area (Å²) in [5, 5.41) is 10.7. The molecule has 0 aliphatic carbocycles. The van der Waals surface area contributed by atoms with Crippen molar-refractivity contribution in [3.05, 3.63) is 64.0 Å². The molecule has 2 aromatic rings. The number of anilines is 1. The number of nitro benzene ring substituents is 1. The van der Waals surface area contributed by atoms with Gasteiger partial charge in [0.15, 0.2) is 0 Å². The van der Waals surface area contributed by atoms with Gasteiger partial charge in [-0.1, -0.05) is 0 Å². The molecule has 3 rings (SSSR count). The number of nitrogens with zero attached hydrogens (tertiary/aromatic N) is 3. The zero-order valence-electron chi connectivity index (χ0n) is 14.1. The molecule has 1 aliphatic heterocycles. The number of aryl methyl sites for hydroxylation is 1. The van der Waals surface area contributed by atoms with Crippen molar-refractivity contribution in [2.45, 2.75) is 11.8 Å². The van der Waals surface area contributed by atoms with E-state index in [0.717, 1.165) is 11.8 Å². The van der Waals surface area contributed by atoms with Gasteiger partial charge in [0.05, 0.1) is 9.82 Å². The summed E-state index contributed by atoms with van der Waals surface area (Å²) >= 11 is 0. The summed E-state index contributed by atoms with van der Waals surface area (Å²) in [6, 6.07) is 9.96. The lowest BCUT2D eigenvalue weighted by Gasteiger charge is -2.35. The Hall–Kier alpha value is -2.52. The van der Waals surface area contributed by atoms with E-state index in [1.165, 1.54) is 35.5 Å². The SMILES string of the molecule is Cc1cc(S(=O)(=O)N2CCN(c3ccc([N+](=O)[O-])cc3)CC2)ccc1F. The molecule has 0 atom stereocenters. The maximum Gasteiger partial charge on any atom is 0.269 e. The Bertz CT molecular complexity index is 924. The number of hydrogen-bond acceptors (Lipinski definition) is 5. The molecule has 2 aromatic carbocycles. The topological polar surface area (TPSA) is 83.8 Å². The van der Waals surface area contributed by atoms with Gasteiger partial charge in [-0.2, -0.15) is 4.31 Å². The van der Waals surface area contributed by atoms with Crippen molar-refractivity contribution < 1.29 is 17.7 Å². The highest BCUT2D eigenvalue weighted by Crippen LogP contribution is 2.24. The maximum absolute atomic E-state index is 13.4. The Morgan fingerprint density at radius 2 is 1.65 bits per heavy atom. The summed E-state index contributed by atoms with van der Waals surface area (Å²) in [7, 11) is -3.67. The minimum Gasteiger partial charge on any atom is -0.369 e. The summed E-state index contributed by atoms with van der Waals surface area (Å²) < 4.78 is 40.2. The van der Waals surface area contributed by atoms with Crippen molar-refractivity contribution in [3.63, 3.8) is 0 Å². The molecule has 26 heavy (non-hydrogen) atoms. The highest BCUT2D eigenvalue weighted by molar-refractivity contribution is 7.89. The summed E-state index contributed by atoms with van der Waals surface area (Å²) in [5.41, 5.74) is 1.11. The Morgan fingerprint density at radius 1 is 1.04 bits per heavy atom. The predicted octanol–water partition coefficient (Wildman–Crippen LogP) is 2.55. The van der Waals surface area contributed by atoms with Gasteiger partial charge in [-0.25, -0.2) is 12.8 Å². The van der Waals surface area contributed by atoms with Gasteiger partial charge in [0.2, 0.25) is 10.0 Å². The van der Waals surface area contributed by atoms with E-state index in [1.54, 1.807) is 12.1 Å². The van der Waals surface area contributed by atoms with Crippen LogP contribution < -0.4 is 4.90 Å². The second kappa shape index (κ2) is 7.00. The van der Waals surface area contributed by atoms with Crippen LogP contribution in [0.5, 0.6) is 0 Å². The lowest BCUT2D eigenvalue weighted by molar-refractivity contribution is -0.384. The zero-order valence-corrected chi connectivity index (χ0v) is 14.9. The van der Waals surface area contributed by atoms with Crippen LogP contribution in [0.15, 0.2) is 47.4 Å². The third-order valence-corrected chi connectivity index (χ3v) is 6.33. The second-order valence-electron chi connectivity index (χ2n) is 6.08. The van der Waals surface area contributed by atoms with Gasteiger partial charge in [-0.05, 0) is 42.8 Å². The number of rotatable bonds is 4. The number of hydrogen-bond donors (Lipinski definition) is 0. The molecule has 138 valence electrons. The molecule has 1 saturated heterocycles. The number of piperazine rings is 1. The quantitative estimate of drug-likeness (QED) is 0.602. The van der Waals surface area contributed by atoms with E-state index in [9.17, 15) is 22.9 Å². The minimum absolute atomic E-state index is 0.0154. The summed E-state index contributed by atoms with van der Waals surface area (Å²) in [6.07, 6.45) is 0. The average molecular weight is 379 g/mol. The van der Waals surface area contributed by atoms with Crippen molar-refractivity contribution in [2.75, 3.05) is 31.1 Å². The molecule has 0 amide bonds. The number of non-ortho nitro benzene ring substituents is 1. The van der Waals surface area contributed by atoms with Crippen LogP contribution in [0.1, 0.15) is 5.56 Å². The van der Waals surface area contributed by atoms with Crippen LogP contribution >= 0.6 is 0 Å². The molecule has 0 saturated carbocycles. The molecular formula is C17H18FN3O4S. The van der Waals surface area contributed by atoms with Crippen LogP contribution in [-0.2, 0) is 10.0 Å². The van der Waals surface area contributed by atoms with E-state index in [0.29, 0.717) is 13.1 Å². The fourth-order valence-electron chi connectivity index (χ4n) is 2.90. The fraction of sp³-hybridized carbons (Fsp3) is 0.294. The van der Waals surface area contributed by atoms with E-state index in [1.807, 2.05) is 4.90 Å². The number of halogens is 1. The molecule has 0 spiro atoms. The van der Waals surface area contributed by atoms with Gasteiger partial charge in [-0.3, -0.25) is 10.1 Å². The molecule has 9 heteroatoms. The molecule has 0 N–H and O–H groups in total. The molecule has 1 heterocycles. The Kier molecular flexibility index (Phi) is 4.92. The van der Waals surface area contributed by atoms with Crippen molar-refractivity contribution in [1.29, 1.82) is 0 Å². The first-order valence-corrected chi connectivity index (χ1v) is 9.49. The predicted molar refractivity (Wildman–Crippen MR) is 95.2 cm³/mol. The highest BCUT2D eigenvalue weighted by Gasteiger charge is 2.29. The summed E-state index contributed by atoms with van der Waals surface area (Å²) in [4.78, 5) is 12.3. The summed E-state index contributed by atoms with van der Waals surface area (Å²) in [5.74, 6) is -0.438. The maximum atomic E-state index is 13.4. The zero-order chi connectivity index (χ0) is 18.9. The minimum atomic E-state index is -3.67. The van der Waals surface area contributed by atoms with Gasteiger partial charge in [0, 0.05) is 44.0 Å². The molecule has 1 fully saturated rings. The Labute approximate surface area is 150 Å². The van der Waals surface area contributed by atoms with E-state index < -0.39 is 20.8 Å². The van der Waals surface area contributed by atoms with Gasteiger partial charge in [-0.15, -0.1) is 0 Å². The van der Waals surface area contributed by atoms with Crippen LogP contribution in [0.4, 0.5) is 15.8 Å². The first kappa shape index (κ1) is 18.3. The number of sulfonamides is 1. The third kappa shape index (κ3) is 3.54. The molecule has 1 aliphatic rings. The lowest BCUT2D eigenvalue weighted by Crippen LogP contribution is -2.48. The van der Waals surface area contributed by atoms with E-state index in [4.69, 9.17) is 0 Å². The van der Waals surface area contributed by atoms with Gasteiger partial charge in [0.1, 0.15) is 5.82 Å². The molecular weight excluding hydrogens is 361 g/mol. The van der Waals surface area contributed by atoms with Gasteiger partial charge in [0.25, 0.3) is 5.69 Å². The average Bonchev–Trinajstić information content (AvgIpc) is 2.64. The smallest absolute Gasteiger partial charge is 0.269 e. The van der Waals surface area contributed by atoms with Crippen molar-refractivity contribution in [3.8, 4) is 0 Å². The standard InChI is InChI=1S/C17H18FN3O4S/c1-13-12-16(6-7-17(13)18)26(24,25)20-10-8-19(9-11-20)14-2-4-15(5-3-14)21(22)23/h2-7,12H,8-11H2,1H3. The Balaban J connectivity index is 1.71. The first-order valence-electron chi connectivity index (χ1n) is 8.05. The molecule has 0 aromatic heterocycles. The van der Waals surface area contributed by atoms with E-state index in [2.05, 4.69) is 0 Å². The molecule has 0 bridgehead atoms. The monoisotopic (exact) mass is 379 g/mol. The van der Waals surface area contributed by atoms with E-state index >= 15 is 0 Å². The molecule has 0 unspecified atom stereocenters. The Morgan fingerprint density at radius 3 is 2.19 bits per heavy atom. The lowest BCUT2D eigenvalue weighted by atomic mass is 10.2. The van der Waals surface area contributed by atoms with Crippen LogP contribution in [0.3, 0.4) is 0 Å². The number of benzene rings is 2. The van der Waals surface area contributed by atoms with Crippen LogP contribution in [0, 0.1) is 22.9 Å². The highest BCUT2D eigenvalue weighted by atomic mass is 32.2. The van der Waals surface area contributed by atoms with Crippen LogP contribution in [0.25, 0.3) is 0 Å². The van der Waals surface area contributed by atoms with Crippen LogP contribution in [0.2, 0.25) is 0 Å². The van der Waals surface area contributed by atoms with Crippen molar-refractivity contribution in [1.82, 2.24) is 4.31 Å². The first-order chi connectivity index (χ1) is 12.3.